The monoisotopic (exact) mass is 409 g/mol. The highest BCUT2D eigenvalue weighted by atomic mass is 79.9. The SMILES string of the molecule is CC(C)(C)OC(=O)N1CCN2C(=O)N(Cc3ccc(Br)cc3)CC2C1. The van der Waals surface area contributed by atoms with Crippen molar-refractivity contribution in [3.05, 3.63) is 34.3 Å². The van der Waals surface area contributed by atoms with Crippen molar-refractivity contribution in [3.8, 4) is 0 Å². The van der Waals surface area contributed by atoms with E-state index >= 15 is 0 Å². The highest BCUT2D eigenvalue weighted by Gasteiger charge is 2.42. The fourth-order valence-electron chi connectivity index (χ4n) is 3.21. The fraction of sp³-hybridized carbons (Fsp3) is 0.556. The van der Waals surface area contributed by atoms with E-state index in [1.165, 1.54) is 0 Å². The Morgan fingerprint density at radius 1 is 1.20 bits per heavy atom. The summed E-state index contributed by atoms with van der Waals surface area (Å²) >= 11 is 3.42. The smallest absolute Gasteiger partial charge is 0.410 e. The van der Waals surface area contributed by atoms with Crippen LogP contribution in [-0.4, -0.2) is 64.6 Å². The summed E-state index contributed by atoms with van der Waals surface area (Å²) in [5.41, 5.74) is 0.591. The number of amides is 3. The number of piperazine rings is 1. The van der Waals surface area contributed by atoms with Crippen LogP contribution in [0.2, 0.25) is 0 Å². The van der Waals surface area contributed by atoms with E-state index in [9.17, 15) is 9.59 Å². The van der Waals surface area contributed by atoms with Gasteiger partial charge in [-0.2, -0.15) is 0 Å². The molecule has 0 aliphatic carbocycles. The zero-order chi connectivity index (χ0) is 18.2. The first-order valence-corrected chi connectivity index (χ1v) is 9.30. The molecule has 2 aliphatic heterocycles. The van der Waals surface area contributed by atoms with Gasteiger partial charge in [0.15, 0.2) is 0 Å². The van der Waals surface area contributed by atoms with Crippen molar-refractivity contribution >= 4 is 28.1 Å². The lowest BCUT2D eigenvalue weighted by molar-refractivity contribution is 0.0128. The number of hydrogen-bond acceptors (Lipinski definition) is 3. The predicted octanol–water partition coefficient (Wildman–Crippen LogP) is 3.31. The molecule has 3 rings (SSSR count). The van der Waals surface area contributed by atoms with Gasteiger partial charge in [0.2, 0.25) is 0 Å². The molecule has 2 saturated heterocycles. The van der Waals surface area contributed by atoms with Gasteiger partial charge in [0.1, 0.15) is 5.60 Å². The molecule has 0 spiro atoms. The van der Waals surface area contributed by atoms with Crippen molar-refractivity contribution in [3.63, 3.8) is 0 Å². The zero-order valence-corrected chi connectivity index (χ0v) is 16.5. The summed E-state index contributed by atoms with van der Waals surface area (Å²) in [6, 6.07) is 8.07. The van der Waals surface area contributed by atoms with Crippen molar-refractivity contribution in [1.82, 2.24) is 14.7 Å². The van der Waals surface area contributed by atoms with Crippen LogP contribution < -0.4 is 0 Å². The van der Waals surface area contributed by atoms with E-state index in [4.69, 9.17) is 4.74 Å². The molecule has 3 amide bonds. The number of fused-ring (bicyclic) bond motifs is 1. The molecule has 25 heavy (non-hydrogen) atoms. The minimum atomic E-state index is -0.507. The van der Waals surface area contributed by atoms with Crippen LogP contribution in [0.4, 0.5) is 9.59 Å². The lowest BCUT2D eigenvalue weighted by atomic mass is 10.2. The van der Waals surface area contributed by atoms with Crippen LogP contribution in [0, 0.1) is 0 Å². The second kappa shape index (κ2) is 6.86. The van der Waals surface area contributed by atoms with Gasteiger partial charge in [-0.3, -0.25) is 0 Å². The number of carbonyl (C=O) groups is 2. The van der Waals surface area contributed by atoms with Crippen LogP contribution >= 0.6 is 15.9 Å². The van der Waals surface area contributed by atoms with E-state index in [1.807, 2.05) is 54.8 Å². The number of ether oxygens (including phenoxy) is 1. The van der Waals surface area contributed by atoms with Crippen molar-refractivity contribution < 1.29 is 14.3 Å². The number of urea groups is 1. The van der Waals surface area contributed by atoms with Crippen LogP contribution in [0.15, 0.2) is 28.7 Å². The average Bonchev–Trinajstić information content (AvgIpc) is 2.83. The standard InChI is InChI=1S/C18H24BrN3O3/c1-18(2,3)25-17(24)20-8-9-22-15(11-20)12-21(16(22)23)10-13-4-6-14(19)7-5-13/h4-7,15H,8-12H2,1-3H3. The second-order valence-electron chi connectivity index (χ2n) is 7.56. The normalized spacial score (nSPS) is 20.7. The first kappa shape index (κ1) is 18.0. The van der Waals surface area contributed by atoms with Crippen molar-refractivity contribution in [1.29, 1.82) is 0 Å². The zero-order valence-electron chi connectivity index (χ0n) is 14.9. The molecule has 6 nitrogen and oxygen atoms in total. The first-order chi connectivity index (χ1) is 11.7. The Balaban J connectivity index is 1.62. The number of halogens is 1. The maximum atomic E-state index is 12.6. The second-order valence-corrected chi connectivity index (χ2v) is 8.48. The third-order valence-corrected chi connectivity index (χ3v) is 4.90. The predicted molar refractivity (Wildman–Crippen MR) is 98.2 cm³/mol. The van der Waals surface area contributed by atoms with E-state index in [1.54, 1.807) is 4.90 Å². The number of rotatable bonds is 2. The molecule has 1 unspecified atom stereocenters. The van der Waals surface area contributed by atoms with Gasteiger partial charge in [-0.15, -0.1) is 0 Å². The van der Waals surface area contributed by atoms with E-state index in [-0.39, 0.29) is 18.2 Å². The van der Waals surface area contributed by atoms with Gasteiger partial charge in [0.25, 0.3) is 0 Å². The van der Waals surface area contributed by atoms with Gasteiger partial charge in [-0.05, 0) is 38.5 Å². The molecular formula is C18H24BrN3O3. The summed E-state index contributed by atoms with van der Waals surface area (Å²) in [4.78, 5) is 30.3. The van der Waals surface area contributed by atoms with E-state index in [0.29, 0.717) is 32.7 Å². The number of benzene rings is 1. The van der Waals surface area contributed by atoms with Gasteiger partial charge in [-0.25, -0.2) is 9.59 Å². The molecule has 0 radical (unpaired) electrons. The Hall–Kier alpha value is -1.76. The Kier molecular flexibility index (Phi) is 4.95. The first-order valence-electron chi connectivity index (χ1n) is 8.51. The minimum Gasteiger partial charge on any atom is -0.444 e. The average molecular weight is 410 g/mol. The van der Waals surface area contributed by atoms with Gasteiger partial charge in [-0.1, -0.05) is 28.1 Å². The summed E-state index contributed by atoms with van der Waals surface area (Å²) in [7, 11) is 0. The molecule has 1 aromatic rings. The van der Waals surface area contributed by atoms with E-state index in [0.717, 1.165) is 10.0 Å². The molecule has 0 bridgehead atoms. The highest BCUT2D eigenvalue weighted by Crippen LogP contribution is 2.24. The van der Waals surface area contributed by atoms with Gasteiger partial charge >= 0.3 is 12.1 Å². The van der Waals surface area contributed by atoms with Crippen LogP contribution in [-0.2, 0) is 11.3 Å². The van der Waals surface area contributed by atoms with E-state index in [2.05, 4.69) is 15.9 Å². The number of hydrogen-bond donors (Lipinski definition) is 0. The molecule has 0 aromatic heterocycles. The molecule has 2 fully saturated rings. The summed E-state index contributed by atoms with van der Waals surface area (Å²) < 4.78 is 6.47. The number of nitrogens with zero attached hydrogens (tertiary/aromatic N) is 3. The molecule has 2 aliphatic rings. The Morgan fingerprint density at radius 3 is 2.52 bits per heavy atom. The summed E-state index contributed by atoms with van der Waals surface area (Å²) in [6.45, 7) is 8.40. The van der Waals surface area contributed by atoms with Crippen LogP contribution in [0.1, 0.15) is 26.3 Å². The lowest BCUT2D eigenvalue weighted by Gasteiger charge is -2.37. The van der Waals surface area contributed by atoms with Crippen molar-refractivity contribution in [2.45, 2.75) is 39.0 Å². The van der Waals surface area contributed by atoms with Gasteiger partial charge in [0, 0.05) is 37.2 Å². The molecule has 2 heterocycles. The minimum absolute atomic E-state index is 0.0317. The topological polar surface area (TPSA) is 53.1 Å². The van der Waals surface area contributed by atoms with E-state index < -0.39 is 5.60 Å². The van der Waals surface area contributed by atoms with Crippen LogP contribution in [0.3, 0.4) is 0 Å². The van der Waals surface area contributed by atoms with Crippen molar-refractivity contribution in [2.24, 2.45) is 0 Å². The summed E-state index contributed by atoms with van der Waals surface area (Å²) in [5, 5.41) is 0. The molecule has 0 N–H and O–H groups in total. The number of carbonyl (C=O) groups excluding carboxylic acids is 2. The molecule has 7 heteroatoms. The quantitative estimate of drug-likeness (QED) is 0.752. The third-order valence-electron chi connectivity index (χ3n) is 4.37. The molecule has 1 atom stereocenters. The van der Waals surface area contributed by atoms with Gasteiger partial charge in [0.05, 0.1) is 6.04 Å². The molecule has 1 aromatic carbocycles. The Bertz CT molecular complexity index is 657. The molecule has 0 saturated carbocycles. The maximum Gasteiger partial charge on any atom is 0.410 e. The Morgan fingerprint density at radius 2 is 1.88 bits per heavy atom. The Labute approximate surface area is 156 Å². The lowest BCUT2D eigenvalue weighted by Crippen LogP contribution is -2.54. The van der Waals surface area contributed by atoms with Crippen LogP contribution in [0.25, 0.3) is 0 Å². The highest BCUT2D eigenvalue weighted by molar-refractivity contribution is 9.10. The molecule has 136 valence electrons. The third kappa shape index (κ3) is 4.26. The van der Waals surface area contributed by atoms with Crippen LogP contribution in [0.5, 0.6) is 0 Å². The summed E-state index contributed by atoms with van der Waals surface area (Å²) in [5.74, 6) is 0. The maximum absolute atomic E-state index is 12.6. The fourth-order valence-corrected chi connectivity index (χ4v) is 3.48. The largest absolute Gasteiger partial charge is 0.444 e. The summed E-state index contributed by atoms with van der Waals surface area (Å²) in [6.07, 6.45) is -0.300. The van der Waals surface area contributed by atoms with Gasteiger partial charge < -0.3 is 19.4 Å². The molecular weight excluding hydrogens is 386 g/mol. The van der Waals surface area contributed by atoms with Crippen molar-refractivity contribution in [2.75, 3.05) is 26.2 Å².